The average Bonchev–Trinajstić information content (AvgIpc) is 3.31. The molecule has 0 amide bonds. The first kappa shape index (κ1) is 15.9. The number of rotatable bonds is 4. The predicted molar refractivity (Wildman–Crippen MR) is 86.2 cm³/mol. The first-order valence-corrected chi connectivity index (χ1v) is 8.04. The maximum absolute atomic E-state index is 13.1. The van der Waals surface area contributed by atoms with E-state index >= 15 is 0 Å². The molecule has 1 aromatic carbocycles. The first-order valence-electron chi connectivity index (χ1n) is 8.04. The summed E-state index contributed by atoms with van der Waals surface area (Å²) in [4.78, 5) is 2.05. The molecule has 0 N–H and O–H groups in total. The van der Waals surface area contributed by atoms with Crippen LogP contribution in [0.2, 0.25) is 0 Å². The standard InChI is InChI=1S/C17H16F3N5/c1-11-2-4-12(5-3-11)10-24(13-6-7-13)15-9-8-14-21-22-16(17(18,19)20)25(14)23-15/h2-5,8-9,13H,6-7,10H2,1H3. The van der Waals surface area contributed by atoms with Crippen molar-refractivity contribution in [2.24, 2.45) is 0 Å². The van der Waals surface area contributed by atoms with E-state index < -0.39 is 12.0 Å². The fourth-order valence-corrected chi connectivity index (χ4v) is 2.78. The van der Waals surface area contributed by atoms with Crippen LogP contribution in [0.1, 0.15) is 29.8 Å². The smallest absolute Gasteiger partial charge is 0.348 e. The molecular formula is C17H16F3N5. The van der Waals surface area contributed by atoms with Crippen molar-refractivity contribution in [2.75, 3.05) is 4.90 Å². The number of aromatic nitrogens is 4. The van der Waals surface area contributed by atoms with Gasteiger partial charge in [0.15, 0.2) is 5.65 Å². The van der Waals surface area contributed by atoms with Crippen LogP contribution in [0.4, 0.5) is 19.0 Å². The highest BCUT2D eigenvalue weighted by atomic mass is 19.4. The lowest BCUT2D eigenvalue weighted by molar-refractivity contribution is -0.146. The van der Waals surface area contributed by atoms with E-state index in [9.17, 15) is 13.2 Å². The Morgan fingerprint density at radius 3 is 2.44 bits per heavy atom. The maximum atomic E-state index is 13.1. The van der Waals surface area contributed by atoms with Gasteiger partial charge in [0.1, 0.15) is 5.82 Å². The van der Waals surface area contributed by atoms with Crippen molar-refractivity contribution in [1.82, 2.24) is 19.8 Å². The highest BCUT2D eigenvalue weighted by Crippen LogP contribution is 2.33. The highest BCUT2D eigenvalue weighted by Gasteiger charge is 2.38. The van der Waals surface area contributed by atoms with Crippen molar-refractivity contribution < 1.29 is 13.2 Å². The molecule has 1 saturated carbocycles. The number of aryl methyl sites for hydroxylation is 1. The summed E-state index contributed by atoms with van der Waals surface area (Å²) in [5.74, 6) is -0.601. The van der Waals surface area contributed by atoms with Gasteiger partial charge in [-0.25, -0.2) is 0 Å². The first-order chi connectivity index (χ1) is 11.9. The number of fused-ring (bicyclic) bond motifs is 1. The zero-order valence-electron chi connectivity index (χ0n) is 13.5. The van der Waals surface area contributed by atoms with Crippen LogP contribution < -0.4 is 4.90 Å². The van der Waals surface area contributed by atoms with Crippen molar-refractivity contribution in [2.45, 2.75) is 38.5 Å². The van der Waals surface area contributed by atoms with Crippen molar-refractivity contribution in [1.29, 1.82) is 0 Å². The molecule has 2 aromatic heterocycles. The fourth-order valence-electron chi connectivity index (χ4n) is 2.78. The average molecular weight is 347 g/mol. The molecular weight excluding hydrogens is 331 g/mol. The second-order valence-electron chi connectivity index (χ2n) is 6.33. The van der Waals surface area contributed by atoms with Crippen LogP contribution in [-0.2, 0) is 12.7 Å². The molecule has 2 heterocycles. The molecule has 0 spiro atoms. The van der Waals surface area contributed by atoms with Gasteiger partial charge in [-0.15, -0.1) is 15.3 Å². The van der Waals surface area contributed by atoms with E-state index in [4.69, 9.17) is 0 Å². The summed E-state index contributed by atoms with van der Waals surface area (Å²) in [7, 11) is 0. The van der Waals surface area contributed by atoms with E-state index in [-0.39, 0.29) is 5.65 Å². The number of nitrogens with zero attached hydrogens (tertiary/aromatic N) is 5. The van der Waals surface area contributed by atoms with Crippen LogP contribution in [0.3, 0.4) is 0 Å². The summed E-state index contributed by atoms with van der Waals surface area (Å²) < 4.78 is 40.0. The third-order valence-electron chi connectivity index (χ3n) is 4.26. The molecule has 25 heavy (non-hydrogen) atoms. The minimum absolute atomic E-state index is 0.0853. The van der Waals surface area contributed by atoms with Gasteiger partial charge in [-0.05, 0) is 37.5 Å². The lowest BCUT2D eigenvalue weighted by atomic mass is 10.1. The topological polar surface area (TPSA) is 46.3 Å². The van der Waals surface area contributed by atoms with Crippen molar-refractivity contribution >= 4 is 11.5 Å². The van der Waals surface area contributed by atoms with E-state index in [1.807, 2.05) is 36.1 Å². The summed E-state index contributed by atoms with van der Waals surface area (Å²) in [5.41, 5.74) is 2.35. The molecule has 0 radical (unpaired) electrons. The molecule has 5 nitrogen and oxygen atoms in total. The van der Waals surface area contributed by atoms with Gasteiger partial charge < -0.3 is 4.90 Å². The van der Waals surface area contributed by atoms with Gasteiger partial charge in [-0.2, -0.15) is 17.7 Å². The Kier molecular flexibility index (Phi) is 3.63. The zero-order chi connectivity index (χ0) is 17.6. The molecule has 1 aliphatic carbocycles. The Bertz CT molecular complexity index is 897. The molecule has 0 saturated heterocycles. The Morgan fingerprint density at radius 1 is 1.08 bits per heavy atom. The van der Waals surface area contributed by atoms with Crippen molar-refractivity contribution in [3.8, 4) is 0 Å². The van der Waals surface area contributed by atoms with Crippen LogP contribution in [0.5, 0.6) is 0 Å². The van der Waals surface area contributed by atoms with Crippen LogP contribution in [0.15, 0.2) is 36.4 Å². The van der Waals surface area contributed by atoms with Gasteiger partial charge in [0.25, 0.3) is 5.82 Å². The summed E-state index contributed by atoms with van der Waals surface area (Å²) >= 11 is 0. The highest BCUT2D eigenvalue weighted by molar-refractivity contribution is 5.48. The number of halogens is 3. The van der Waals surface area contributed by atoms with E-state index in [1.165, 1.54) is 11.6 Å². The molecule has 0 unspecified atom stereocenters. The lowest BCUT2D eigenvalue weighted by Gasteiger charge is -2.23. The van der Waals surface area contributed by atoms with Gasteiger partial charge >= 0.3 is 6.18 Å². The van der Waals surface area contributed by atoms with Crippen LogP contribution in [0.25, 0.3) is 5.65 Å². The number of benzene rings is 1. The molecule has 1 aliphatic rings. The fraction of sp³-hybridized carbons (Fsp3) is 0.353. The number of anilines is 1. The van der Waals surface area contributed by atoms with Gasteiger partial charge in [-0.1, -0.05) is 29.8 Å². The maximum Gasteiger partial charge on any atom is 0.453 e. The molecule has 1 fully saturated rings. The lowest BCUT2D eigenvalue weighted by Crippen LogP contribution is -2.27. The largest absolute Gasteiger partial charge is 0.453 e. The number of hydrogen-bond acceptors (Lipinski definition) is 4. The quantitative estimate of drug-likeness (QED) is 0.723. The van der Waals surface area contributed by atoms with E-state index in [0.29, 0.717) is 18.4 Å². The van der Waals surface area contributed by atoms with E-state index in [0.717, 1.165) is 22.9 Å². The number of alkyl halides is 3. The molecule has 4 rings (SSSR count). The second-order valence-corrected chi connectivity index (χ2v) is 6.33. The van der Waals surface area contributed by atoms with E-state index in [1.54, 1.807) is 6.07 Å². The minimum Gasteiger partial charge on any atom is -0.348 e. The zero-order valence-corrected chi connectivity index (χ0v) is 13.5. The molecule has 0 bridgehead atoms. The second kappa shape index (κ2) is 5.72. The molecule has 0 atom stereocenters. The van der Waals surface area contributed by atoms with Crippen LogP contribution in [-0.4, -0.2) is 25.9 Å². The Balaban J connectivity index is 1.71. The Hall–Kier alpha value is -2.64. The molecule has 3 aromatic rings. The number of hydrogen-bond donors (Lipinski definition) is 0. The predicted octanol–water partition coefficient (Wildman–Crippen LogP) is 3.62. The molecule has 0 aliphatic heterocycles. The van der Waals surface area contributed by atoms with Crippen molar-refractivity contribution in [3.05, 3.63) is 53.3 Å². The monoisotopic (exact) mass is 347 g/mol. The van der Waals surface area contributed by atoms with Gasteiger partial charge in [0, 0.05) is 12.6 Å². The molecule has 130 valence electrons. The third-order valence-corrected chi connectivity index (χ3v) is 4.26. The van der Waals surface area contributed by atoms with E-state index in [2.05, 4.69) is 15.3 Å². The normalized spacial score (nSPS) is 14.9. The third kappa shape index (κ3) is 3.16. The van der Waals surface area contributed by atoms with Gasteiger partial charge in [0.05, 0.1) is 0 Å². The minimum atomic E-state index is -4.59. The summed E-state index contributed by atoms with van der Waals surface area (Å²) in [6.07, 6.45) is -2.56. The van der Waals surface area contributed by atoms with Gasteiger partial charge in [-0.3, -0.25) is 0 Å². The Labute approximate surface area is 142 Å². The SMILES string of the molecule is Cc1ccc(CN(c2ccc3nnc(C(F)(F)F)n3n2)C2CC2)cc1. The van der Waals surface area contributed by atoms with Crippen molar-refractivity contribution in [3.63, 3.8) is 0 Å². The molecule has 8 heteroatoms. The van der Waals surface area contributed by atoms with Crippen LogP contribution in [0, 0.1) is 6.92 Å². The Morgan fingerprint density at radius 2 is 1.80 bits per heavy atom. The van der Waals surface area contributed by atoms with Gasteiger partial charge in [0.2, 0.25) is 0 Å². The summed E-state index contributed by atoms with van der Waals surface area (Å²) in [5, 5.41) is 11.0. The summed E-state index contributed by atoms with van der Waals surface area (Å²) in [6.45, 7) is 2.62. The van der Waals surface area contributed by atoms with Crippen LogP contribution >= 0.6 is 0 Å². The summed E-state index contributed by atoms with van der Waals surface area (Å²) in [6, 6.07) is 11.6.